The lowest BCUT2D eigenvalue weighted by molar-refractivity contribution is -0.162. The molecule has 1 heterocycles. The lowest BCUT2D eigenvalue weighted by Gasteiger charge is -2.39. The van der Waals surface area contributed by atoms with Gasteiger partial charge in [0, 0.05) is 6.54 Å². The van der Waals surface area contributed by atoms with Gasteiger partial charge in [0.15, 0.2) is 0 Å². The van der Waals surface area contributed by atoms with E-state index in [0.717, 1.165) is 12.0 Å². The third kappa shape index (κ3) is 3.00. The Morgan fingerprint density at radius 1 is 1.35 bits per heavy atom. The Balaban J connectivity index is 1.96. The molecule has 20 heavy (non-hydrogen) atoms. The molecule has 7 heteroatoms. The first-order valence-electron chi connectivity index (χ1n) is 6.35. The molecule has 0 aromatic heterocycles. The van der Waals surface area contributed by atoms with Crippen molar-refractivity contribution in [3.05, 3.63) is 29.8 Å². The molecule has 1 amide bonds. The molecular weight excluding hydrogens is 280 g/mol. The van der Waals surface area contributed by atoms with Crippen LogP contribution < -0.4 is 10.5 Å². The van der Waals surface area contributed by atoms with Gasteiger partial charge >= 0.3 is 0 Å². The first-order chi connectivity index (χ1) is 9.37. The number of ether oxygens (including phenoxy) is 1. The molecule has 0 aliphatic carbocycles. The lowest BCUT2D eigenvalue weighted by atomic mass is 9.82. The summed E-state index contributed by atoms with van der Waals surface area (Å²) in [5.74, 6) is -0.0261. The molecule has 3 N–H and O–H groups in total. The first-order valence-corrected chi connectivity index (χ1v) is 7.90. The third-order valence-electron chi connectivity index (χ3n) is 3.62. The molecule has 1 aromatic carbocycles. The Hall–Kier alpha value is -1.44. The molecule has 1 aromatic rings. The second kappa shape index (κ2) is 5.51. The van der Waals surface area contributed by atoms with E-state index in [0.29, 0.717) is 19.8 Å². The van der Waals surface area contributed by atoms with Crippen molar-refractivity contribution in [3.63, 3.8) is 0 Å². The molecular formula is C13H18N2O4S. The Morgan fingerprint density at radius 3 is 2.35 bits per heavy atom. The van der Waals surface area contributed by atoms with Crippen LogP contribution in [-0.4, -0.2) is 27.5 Å². The number of primary sulfonamides is 1. The van der Waals surface area contributed by atoms with Gasteiger partial charge < -0.3 is 10.1 Å². The van der Waals surface area contributed by atoms with Gasteiger partial charge in [-0.1, -0.05) is 19.1 Å². The number of rotatable bonds is 5. The van der Waals surface area contributed by atoms with Crippen LogP contribution in [0, 0.1) is 5.41 Å². The molecule has 1 aliphatic heterocycles. The molecule has 0 atom stereocenters. The van der Waals surface area contributed by atoms with Gasteiger partial charge in [-0.25, -0.2) is 13.6 Å². The normalized spacial score (nSPS) is 17.3. The summed E-state index contributed by atoms with van der Waals surface area (Å²) >= 11 is 0. The standard InChI is InChI=1S/C13H18N2O4S/c1-2-13(8-19-9-13)12(16)15-7-10-3-5-11(6-4-10)20(14,17)18/h3-6H,2,7-9H2,1H3,(H,15,16)(H2,14,17,18). The van der Waals surface area contributed by atoms with Crippen LogP contribution in [-0.2, 0) is 26.1 Å². The number of benzene rings is 1. The van der Waals surface area contributed by atoms with Crippen molar-refractivity contribution in [1.29, 1.82) is 0 Å². The van der Waals surface area contributed by atoms with Crippen molar-refractivity contribution in [2.24, 2.45) is 10.6 Å². The zero-order valence-electron chi connectivity index (χ0n) is 11.3. The van der Waals surface area contributed by atoms with Gasteiger partial charge in [-0.15, -0.1) is 0 Å². The van der Waals surface area contributed by atoms with Crippen LogP contribution in [0.3, 0.4) is 0 Å². The number of hydrogen-bond acceptors (Lipinski definition) is 4. The fourth-order valence-corrected chi connectivity index (χ4v) is 2.53. The number of nitrogens with two attached hydrogens (primary N) is 1. The minimum absolute atomic E-state index is 0.0261. The number of carbonyl (C=O) groups is 1. The topological polar surface area (TPSA) is 98.5 Å². The van der Waals surface area contributed by atoms with Crippen molar-refractivity contribution in [1.82, 2.24) is 5.32 Å². The van der Waals surface area contributed by atoms with E-state index in [1.54, 1.807) is 12.1 Å². The highest BCUT2D eigenvalue weighted by molar-refractivity contribution is 7.89. The van der Waals surface area contributed by atoms with E-state index >= 15 is 0 Å². The highest BCUT2D eigenvalue weighted by atomic mass is 32.2. The van der Waals surface area contributed by atoms with Crippen LogP contribution in [0.25, 0.3) is 0 Å². The van der Waals surface area contributed by atoms with Gasteiger partial charge in [-0.2, -0.15) is 0 Å². The number of nitrogens with one attached hydrogen (secondary N) is 1. The average molecular weight is 298 g/mol. The zero-order valence-corrected chi connectivity index (χ0v) is 12.1. The molecule has 1 saturated heterocycles. The Labute approximate surface area is 118 Å². The smallest absolute Gasteiger partial charge is 0.238 e. The predicted octanol–water partition coefficient (Wildman–Crippen LogP) is 0.377. The van der Waals surface area contributed by atoms with Crippen LogP contribution in [0.2, 0.25) is 0 Å². The van der Waals surface area contributed by atoms with E-state index in [2.05, 4.69) is 5.32 Å². The van der Waals surface area contributed by atoms with Crippen molar-refractivity contribution in [2.75, 3.05) is 13.2 Å². The number of carbonyl (C=O) groups excluding carboxylic acids is 1. The van der Waals surface area contributed by atoms with Gasteiger partial charge in [-0.05, 0) is 24.1 Å². The molecule has 0 bridgehead atoms. The highest BCUT2D eigenvalue weighted by Crippen LogP contribution is 2.31. The minimum atomic E-state index is -3.68. The van der Waals surface area contributed by atoms with E-state index in [9.17, 15) is 13.2 Å². The molecule has 6 nitrogen and oxygen atoms in total. The monoisotopic (exact) mass is 298 g/mol. The van der Waals surface area contributed by atoms with Crippen LogP contribution in [0.1, 0.15) is 18.9 Å². The molecule has 0 saturated carbocycles. The zero-order chi connectivity index (χ0) is 14.8. The average Bonchev–Trinajstić information content (AvgIpc) is 2.35. The van der Waals surface area contributed by atoms with E-state index in [4.69, 9.17) is 9.88 Å². The second-order valence-electron chi connectivity index (χ2n) is 5.00. The van der Waals surface area contributed by atoms with E-state index in [1.807, 2.05) is 6.92 Å². The minimum Gasteiger partial charge on any atom is -0.379 e. The molecule has 0 spiro atoms. The lowest BCUT2D eigenvalue weighted by Crippen LogP contribution is -2.53. The van der Waals surface area contributed by atoms with Crippen molar-refractivity contribution >= 4 is 15.9 Å². The summed E-state index contributed by atoms with van der Waals surface area (Å²) in [7, 11) is -3.68. The summed E-state index contributed by atoms with van der Waals surface area (Å²) in [6, 6.07) is 6.13. The van der Waals surface area contributed by atoms with Gasteiger partial charge in [0.2, 0.25) is 15.9 Å². The highest BCUT2D eigenvalue weighted by Gasteiger charge is 2.43. The molecule has 0 radical (unpaired) electrons. The summed E-state index contributed by atoms with van der Waals surface area (Å²) in [4.78, 5) is 12.1. The van der Waals surface area contributed by atoms with Crippen molar-refractivity contribution in [2.45, 2.75) is 24.8 Å². The van der Waals surface area contributed by atoms with Gasteiger partial charge in [-0.3, -0.25) is 4.79 Å². The van der Waals surface area contributed by atoms with E-state index in [-0.39, 0.29) is 10.8 Å². The summed E-state index contributed by atoms with van der Waals surface area (Å²) < 4.78 is 27.4. The largest absolute Gasteiger partial charge is 0.379 e. The predicted molar refractivity (Wildman–Crippen MR) is 73.2 cm³/mol. The number of amides is 1. The molecule has 1 fully saturated rings. The van der Waals surface area contributed by atoms with E-state index < -0.39 is 15.4 Å². The molecule has 2 rings (SSSR count). The maximum absolute atomic E-state index is 12.1. The van der Waals surface area contributed by atoms with E-state index in [1.165, 1.54) is 12.1 Å². The van der Waals surface area contributed by atoms with Gasteiger partial charge in [0.25, 0.3) is 0 Å². The summed E-state index contributed by atoms with van der Waals surface area (Å²) in [6.45, 7) is 3.23. The van der Waals surface area contributed by atoms with Crippen molar-refractivity contribution in [3.8, 4) is 0 Å². The maximum atomic E-state index is 12.1. The van der Waals surface area contributed by atoms with Crippen LogP contribution in [0.15, 0.2) is 29.2 Å². The fraction of sp³-hybridized carbons (Fsp3) is 0.462. The quantitative estimate of drug-likeness (QED) is 0.821. The Morgan fingerprint density at radius 2 is 1.95 bits per heavy atom. The molecule has 0 unspecified atom stereocenters. The fourth-order valence-electron chi connectivity index (χ4n) is 2.01. The Bertz CT molecular complexity index is 586. The van der Waals surface area contributed by atoms with Crippen LogP contribution >= 0.6 is 0 Å². The summed E-state index contributed by atoms with van der Waals surface area (Å²) in [5, 5.41) is 7.87. The van der Waals surface area contributed by atoms with Gasteiger partial charge in [0.05, 0.1) is 23.5 Å². The second-order valence-corrected chi connectivity index (χ2v) is 6.56. The first kappa shape index (κ1) is 15.0. The Kier molecular flexibility index (Phi) is 4.12. The molecule has 1 aliphatic rings. The maximum Gasteiger partial charge on any atom is 0.238 e. The summed E-state index contributed by atoms with van der Waals surface area (Å²) in [6.07, 6.45) is 0.739. The van der Waals surface area contributed by atoms with Crippen LogP contribution in [0.4, 0.5) is 0 Å². The third-order valence-corrected chi connectivity index (χ3v) is 4.55. The SMILES string of the molecule is CCC1(C(=O)NCc2ccc(S(N)(=O)=O)cc2)COC1. The van der Waals surface area contributed by atoms with Gasteiger partial charge in [0.1, 0.15) is 0 Å². The number of sulfonamides is 1. The molecule has 110 valence electrons. The van der Waals surface area contributed by atoms with Crippen molar-refractivity contribution < 1.29 is 17.9 Å². The summed E-state index contributed by atoms with van der Waals surface area (Å²) in [5.41, 5.74) is 0.415. The number of hydrogen-bond donors (Lipinski definition) is 2. The van der Waals surface area contributed by atoms with Crippen LogP contribution in [0.5, 0.6) is 0 Å².